The summed E-state index contributed by atoms with van der Waals surface area (Å²) in [7, 11) is -6.61. The van der Waals surface area contributed by atoms with Crippen LogP contribution in [0.3, 0.4) is 0 Å². The van der Waals surface area contributed by atoms with Crippen LogP contribution in [0.25, 0.3) is 22.1 Å². The molecule has 4 heterocycles. The number of carbonyl (C=O) groups is 1. The number of rotatable bonds is 12. The molecule has 392 valence electrons. The first-order chi connectivity index (χ1) is 34.2. The number of benzene rings is 4. The van der Waals surface area contributed by atoms with Crippen LogP contribution in [0.1, 0.15) is 94.9 Å². The van der Waals surface area contributed by atoms with Gasteiger partial charge in [0.2, 0.25) is 0 Å². The second kappa shape index (κ2) is 20.3. The van der Waals surface area contributed by atoms with Gasteiger partial charge in [-0.1, -0.05) is 70.7 Å². The molecule has 6 aromatic rings. The van der Waals surface area contributed by atoms with Gasteiger partial charge in [-0.3, -0.25) is 0 Å². The van der Waals surface area contributed by atoms with E-state index in [1.54, 1.807) is 91.2 Å². The summed E-state index contributed by atoms with van der Waals surface area (Å²) in [5, 5.41) is 1.09. The van der Waals surface area contributed by atoms with Crippen molar-refractivity contribution in [2.24, 2.45) is 11.8 Å². The third-order valence-corrected chi connectivity index (χ3v) is 18.5. The van der Waals surface area contributed by atoms with E-state index in [0.717, 1.165) is 36.8 Å². The molecule has 2 aliphatic carbocycles. The van der Waals surface area contributed by atoms with Gasteiger partial charge in [-0.15, -0.1) is 0 Å². The Morgan fingerprint density at radius 3 is 1.60 bits per heavy atom. The van der Waals surface area contributed by atoms with Crippen molar-refractivity contribution in [1.29, 1.82) is 0 Å². The molecule has 0 amide bonds. The summed E-state index contributed by atoms with van der Waals surface area (Å²) < 4.78 is 112. The number of fused-ring (bicyclic) bond motifs is 2. The number of hydrogen-bond acceptors (Lipinski definition) is 10. The van der Waals surface area contributed by atoms with E-state index in [4.69, 9.17) is 51.1 Å². The highest BCUT2D eigenvalue weighted by molar-refractivity contribution is 7.91. The maximum Gasteiger partial charge on any atom is 0.420 e. The molecule has 4 aromatic carbocycles. The zero-order chi connectivity index (χ0) is 52.4. The number of aromatic nitrogens is 4. The number of ether oxygens (including phenoxy) is 1. The highest BCUT2D eigenvalue weighted by Gasteiger charge is 2.38. The number of nitrogens with zero attached hydrogens (tertiary/aromatic N) is 5. The number of nitrogens with one attached hydrogen (secondary N) is 1. The van der Waals surface area contributed by atoms with Crippen LogP contribution in [0.5, 0.6) is 0 Å². The molecule has 2 aliphatic heterocycles. The number of aromatic amines is 1. The van der Waals surface area contributed by atoms with E-state index in [0.29, 0.717) is 66.9 Å². The van der Waals surface area contributed by atoms with Gasteiger partial charge in [0.15, 0.2) is 19.7 Å². The summed E-state index contributed by atoms with van der Waals surface area (Å²) in [4.78, 5) is 30.0. The second-order valence-electron chi connectivity index (χ2n) is 20.6. The van der Waals surface area contributed by atoms with E-state index in [1.807, 2.05) is 0 Å². The van der Waals surface area contributed by atoms with E-state index in [1.165, 1.54) is 4.57 Å². The molecule has 2 saturated heterocycles. The molecule has 0 unspecified atom stereocenters. The molecule has 0 spiro atoms. The van der Waals surface area contributed by atoms with Crippen LogP contribution in [-0.4, -0.2) is 97.6 Å². The summed E-state index contributed by atoms with van der Waals surface area (Å²) >= 11 is 26.5. The molecular formula is C51H54Cl4F4N6O6S2. The van der Waals surface area contributed by atoms with E-state index in [-0.39, 0.29) is 96.2 Å². The van der Waals surface area contributed by atoms with E-state index >= 15 is 0 Å². The van der Waals surface area contributed by atoms with Gasteiger partial charge in [-0.25, -0.2) is 53.7 Å². The van der Waals surface area contributed by atoms with Crippen LogP contribution in [0.2, 0.25) is 20.1 Å². The topological polar surface area (TPSA) is 148 Å². The zero-order valence-electron chi connectivity index (χ0n) is 40.3. The lowest BCUT2D eigenvalue weighted by atomic mass is 10.1. The van der Waals surface area contributed by atoms with Crippen molar-refractivity contribution in [2.45, 2.75) is 112 Å². The van der Waals surface area contributed by atoms with Crippen molar-refractivity contribution in [3.63, 3.8) is 0 Å². The molecule has 4 fully saturated rings. The first kappa shape index (κ1) is 53.5. The third kappa shape index (κ3) is 12.5. The Kier molecular flexibility index (Phi) is 14.9. The van der Waals surface area contributed by atoms with Crippen LogP contribution in [0, 0.1) is 11.8 Å². The van der Waals surface area contributed by atoms with Crippen molar-refractivity contribution in [1.82, 2.24) is 19.5 Å². The number of piperidine rings is 2. The normalized spacial score (nSPS) is 18.2. The number of hydrogen-bond donors (Lipinski definition) is 1. The molecular weight excluding hydrogens is 1070 g/mol. The van der Waals surface area contributed by atoms with Crippen LogP contribution in [0.4, 0.5) is 33.7 Å². The first-order valence-corrected chi connectivity index (χ1v) is 28.9. The maximum absolute atomic E-state index is 13.8. The maximum atomic E-state index is 13.8. The van der Waals surface area contributed by atoms with Crippen molar-refractivity contribution in [3.05, 3.63) is 104 Å². The average molecular weight is 1130 g/mol. The minimum absolute atomic E-state index is 0.0569. The minimum atomic E-state index is -3.36. The number of anilines is 2. The Morgan fingerprint density at radius 1 is 0.685 bits per heavy atom. The summed E-state index contributed by atoms with van der Waals surface area (Å²) in [6, 6.07) is 16.7. The van der Waals surface area contributed by atoms with Gasteiger partial charge >= 0.3 is 6.09 Å². The van der Waals surface area contributed by atoms with Gasteiger partial charge in [-0.2, -0.15) is 0 Å². The number of alkyl halides is 4. The molecule has 2 saturated carbocycles. The van der Waals surface area contributed by atoms with Crippen LogP contribution in [0.15, 0.2) is 70.5 Å². The van der Waals surface area contributed by atoms with Crippen LogP contribution in [-0.2, 0) is 37.3 Å². The molecule has 10 rings (SSSR count). The predicted octanol–water partition coefficient (Wildman–Crippen LogP) is 13.0. The number of sulfone groups is 2. The fraction of sp³-hybridized carbons (Fsp3) is 0.471. The lowest BCUT2D eigenvalue weighted by Gasteiger charge is -2.34. The fourth-order valence-corrected chi connectivity index (χ4v) is 14.0. The Bertz CT molecular complexity index is 3290. The standard InChI is InChI=1S/C28H31Cl2F2N3O4S.C23H23Cl2F2N3O2S/c1-27(2,3)39-26(36)35-22(14-17-6-8-19(9-7-17)40(37,38)16-18-4-5-18)33-21-15-20(29)24(23(30)25(21)35)34-12-10-28(31,32)11-13-34;24-17-12-18-21(20(25)22(17)30-9-7-23(26,27)8-10-30)29-19(28-18)11-14-3-5-16(6-4-14)33(31,32)13-15-1-2-15/h6-9,15,18H,4-5,10-14,16H2,1-3H3;3-6,12,15H,1-2,7-11,13H2,(H,28,29). The SMILES string of the molecule is CC(C)(C)OC(=O)n1c(Cc2ccc(S(=O)(=O)CC3CC3)cc2)nc2cc(Cl)c(N3CCC(F)(F)CC3)c(Cl)c21.O=S(=O)(CC1CC1)c1ccc(Cc2nc3c(Cl)c(N4CCC(F)(F)CC4)c(Cl)cc3[nH]2)cc1. The molecule has 0 atom stereocenters. The Balaban J connectivity index is 0.000000183. The van der Waals surface area contributed by atoms with Crippen LogP contribution < -0.4 is 9.80 Å². The lowest BCUT2D eigenvalue weighted by molar-refractivity contribution is -0.0226. The van der Waals surface area contributed by atoms with Gasteiger partial charge in [0, 0.05) is 64.7 Å². The van der Waals surface area contributed by atoms with Crippen molar-refractivity contribution in [2.75, 3.05) is 47.5 Å². The molecule has 0 bridgehead atoms. The summed E-state index contributed by atoms with van der Waals surface area (Å²) in [6.45, 7) is 5.67. The lowest BCUT2D eigenvalue weighted by Crippen LogP contribution is -2.39. The van der Waals surface area contributed by atoms with E-state index in [9.17, 15) is 39.2 Å². The minimum Gasteiger partial charge on any atom is -0.443 e. The molecule has 73 heavy (non-hydrogen) atoms. The average Bonchev–Trinajstić information content (AvgIpc) is 4.22. The smallest absolute Gasteiger partial charge is 0.420 e. The van der Waals surface area contributed by atoms with Crippen molar-refractivity contribution < 1.29 is 43.9 Å². The van der Waals surface area contributed by atoms with Crippen molar-refractivity contribution in [3.8, 4) is 0 Å². The largest absolute Gasteiger partial charge is 0.443 e. The van der Waals surface area contributed by atoms with Crippen LogP contribution >= 0.6 is 46.4 Å². The van der Waals surface area contributed by atoms with Gasteiger partial charge < -0.3 is 19.5 Å². The van der Waals surface area contributed by atoms with Gasteiger partial charge in [0.1, 0.15) is 28.3 Å². The Hall–Kier alpha value is -4.33. The van der Waals surface area contributed by atoms with E-state index < -0.39 is 43.2 Å². The Morgan fingerprint density at radius 2 is 1.14 bits per heavy atom. The Labute approximate surface area is 441 Å². The van der Waals surface area contributed by atoms with Gasteiger partial charge in [0.25, 0.3) is 11.8 Å². The molecule has 0 radical (unpaired) electrons. The molecule has 12 nitrogen and oxygen atoms in total. The quantitative estimate of drug-likeness (QED) is 0.117. The molecule has 22 heteroatoms. The number of imidazole rings is 2. The predicted molar refractivity (Wildman–Crippen MR) is 278 cm³/mol. The highest BCUT2D eigenvalue weighted by Crippen LogP contribution is 2.45. The number of carbonyl (C=O) groups excluding carboxylic acids is 1. The fourth-order valence-electron chi connectivity index (χ4n) is 9.11. The molecule has 1 N–H and O–H groups in total. The highest BCUT2D eigenvalue weighted by atomic mass is 35.5. The monoisotopic (exact) mass is 1130 g/mol. The summed E-state index contributed by atoms with van der Waals surface area (Å²) in [5.74, 6) is -3.54. The number of halogens is 8. The van der Waals surface area contributed by atoms with Gasteiger partial charge in [-0.05, 0) is 106 Å². The van der Waals surface area contributed by atoms with Gasteiger partial charge in [0.05, 0.1) is 63.8 Å². The zero-order valence-corrected chi connectivity index (χ0v) is 44.9. The molecule has 4 aliphatic rings. The molecule has 2 aromatic heterocycles. The number of H-pyrrole nitrogens is 1. The van der Waals surface area contributed by atoms with Crippen molar-refractivity contribution >= 4 is 106 Å². The first-order valence-electron chi connectivity index (χ1n) is 24.1. The second-order valence-corrected chi connectivity index (χ2v) is 26.2. The summed E-state index contributed by atoms with van der Waals surface area (Å²) in [5.41, 5.74) is 3.53. The summed E-state index contributed by atoms with van der Waals surface area (Å²) in [6.07, 6.45) is 2.64. The van der Waals surface area contributed by atoms with E-state index in [2.05, 4.69) is 15.0 Å². The third-order valence-electron chi connectivity index (χ3n) is 13.4.